The molecule has 0 aliphatic rings. The molecule has 0 aromatic heterocycles. The maximum Gasteiger partial charge on any atom is 0.416 e. The molecule has 0 fully saturated rings. The molecule has 2 aromatic carbocycles. The fourth-order valence-electron chi connectivity index (χ4n) is 2.75. The zero-order valence-electron chi connectivity index (χ0n) is 18.0. The molecule has 0 radical (unpaired) electrons. The lowest BCUT2D eigenvalue weighted by atomic mass is 10.1. The summed E-state index contributed by atoms with van der Waals surface area (Å²) in [6.45, 7) is 3.64. The van der Waals surface area contributed by atoms with Gasteiger partial charge >= 0.3 is 6.18 Å². The van der Waals surface area contributed by atoms with Crippen molar-refractivity contribution in [3.05, 3.63) is 65.2 Å². The van der Waals surface area contributed by atoms with E-state index in [1.807, 2.05) is 25.1 Å². The lowest BCUT2D eigenvalue weighted by Crippen LogP contribution is -2.39. The van der Waals surface area contributed by atoms with Crippen molar-refractivity contribution in [2.45, 2.75) is 19.5 Å². The Morgan fingerprint density at radius 3 is 2.53 bits per heavy atom. The van der Waals surface area contributed by atoms with Crippen molar-refractivity contribution in [3.8, 4) is 5.75 Å². The Labute approximate surface area is 203 Å². The summed E-state index contributed by atoms with van der Waals surface area (Å²) in [5.41, 5.74) is 0.850. The molecule has 3 N–H and O–H groups in total. The maximum atomic E-state index is 12.8. The van der Waals surface area contributed by atoms with Crippen LogP contribution >= 0.6 is 24.0 Å². The van der Waals surface area contributed by atoms with Crippen molar-refractivity contribution in [1.29, 1.82) is 0 Å². The largest absolute Gasteiger partial charge is 0.492 e. The first-order chi connectivity index (χ1) is 14.8. The Morgan fingerprint density at radius 1 is 1.09 bits per heavy atom. The third-order valence-electron chi connectivity index (χ3n) is 4.26. The third kappa shape index (κ3) is 9.33. The molecule has 0 spiro atoms. The first-order valence-corrected chi connectivity index (χ1v) is 9.96. The predicted octanol–water partition coefficient (Wildman–Crippen LogP) is 3.86. The van der Waals surface area contributed by atoms with E-state index in [0.29, 0.717) is 37.6 Å². The Balaban J connectivity index is 0.00000512. The molecule has 0 unspecified atom stereocenters. The number of amides is 1. The van der Waals surface area contributed by atoms with E-state index >= 15 is 0 Å². The molecule has 6 nitrogen and oxygen atoms in total. The number of guanidine groups is 1. The Morgan fingerprint density at radius 2 is 1.84 bits per heavy atom. The number of ether oxygens (including phenoxy) is 1. The fourth-order valence-corrected chi connectivity index (χ4v) is 2.75. The van der Waals surface area contributed by atoms with Gasteiger partial charge in [-0.15, -0.1) is 24.0 Å². The second-order valence-corrected chi connectivity index (χ2v) is 6.59. The topological polar surface area (TPSA) is 74.8 Å². The zero-order valence-corrected chi connectivity index (χ0v) is 20.3. The second kappa shape index (κ2) is 13.8. The fraction of sp³-hybridized carbons (Fsp3) is 0.364. The van der Waals surface area contributed by atoms with E-state index in [4.69, 9.17) is 4.74 Å². The van der Waals surface area contributed by atoms with Gasteiger partial charge in [-0.05, 0) is 49.2 Å². The van der Waals surface area contributed by atoms with E-state index in [0.717, 1.165) is 17.7 Å². The smallest absolute Gasteiger partial charge is 0.416 e. The summed E-state index contributed by atoms with van der Waals surface area (Å²) < 4.78 is 43.7. The van der Waals surface area contributed by atoms with Crippen LogP contribution in [0.1, 0.15) is 28.4 Å². The molecular weight excluding hydrogens is 536 g/mol. The van der Waals surface area contributed by atoms with Crippen LogP contribution in [0.4, 0.5) is 13.2 Å². The third-order valence-corrected chi connectivity index (χ3v) is 4.26. The molecule has 1 amide bonds. The SMILES string of the molecule is CCNC(=NCCc1cccc(C(=O)NC)c1)NCCOc1cccc(C(F)(F)F)c1.I. The number of nitrogens with zero attached hydrogens (tertiary/aromatic N) is 1. The highest BCUT2D eigenvalue weighted by molar-refractivity contribution is 14.0. The molecule has 0 aliphatic heterocycles. The number of rotatable bonds is 9. The van der Waals surface area contributed by atoms with Crippen molar-refractivity contribution in [2.75, 3.05) is 33.3 Å². The molecule has 0 saturated carbocycles. The van der Waals surface area contributed by atoms with E-state index in [1.54, 1.807) is 13.1 Å². The number of benzene rings is 2. The van der Waals surface area contributed by atoms with Crippen molar-refractivity contribution in [3.63, 3.8) is 0 Å². The number of hydrogen-bond donors (Lipinski definition) is 3. The monoisotopic (exact) mass is 564 g/mol. The highest BCUT2D eigenvalue weighted by Gasteiger charge is 2.30. The van der Waals surface area contributed by atoms with Gasteiger partial charge in [-0.2, -0.15) is 13.2 Å². The molecule has 2 aromatic rings. The second-order valence-electron chi connectivity index (χ2n) is 6.59. The van der Waals surface area contributed by atoms with E-state index < -0.39 is 11.7 Å². The van der Waals surface area contributed by atoms with Crippen LogP contribution in [0.15, 0.2) is 53.5 Å². The van der Waals surface area contributed by atoms with E-state index in [1.165, 1.54) is 12.1 Å². The summed E-state index contributed by atoms with van der Waals surface area (Å²) in [6.07, 6.45) is -3.75. The number of nitrogens with one attached hydrogen (secondary N) is 3. The Kier molecular flexibility index (Phi) is 11.9. The summed E-state index contributed by atoms with van der Waals surface area (Å²) in [7, 11) is 1.59. The van der Waals surface area contributed by atoms with Crippen LogP contribution < -0.4 is 20.7 Å². The van der Waals surface area contributed by atoms with Gasteiger partial charge in [-0.25, -0.2) is 0 Å². The van der Waals surface area contributed by atoms with Crippen LogP contribution in [-0.4, -0.2) is 45.2 Å². The van der Waals surface area contributed by atoms with Crippen LogP contribution in [0.5, 0.6) is 5.75 Å². The van der Waals surface area contributed by atoms with Crippen molar-refractivity contribution in [1.82, 2.24) is 16.0 Å². The number of aliphatic imine (C=N–C) groups is 1. The van der Waals surface area contributed by atoms with Crippen LogP contribution in [0.2, 0.25) is 0 Å². The molecule has 0 heterocycles. The summed E-state index contributed by atoms with van der Waals surface area (Å²) >= 11 is 0. The van der Waals surface area contributed by atoms with Gasteiger partial charge in [-0.1, -0.05) is 18.2 Å². The van der Waals surface area contributed by atoms with E-state index in [-0.39, 0.29) is 42.2 Å². The normalized spacial score (nSPS) is 11.3. The van der Waals surface area contributed by atoms with Gasteiger partial charge in [0.15, 0.2) is 5.96 Å². The summed E-state index contributed by atoms with van der Waals surface area (Å²) in [5.74, 6) is 0.605. The molecule has 0 bridgehead atoms. The highest BCUT2D eigenvalue weighted by atomic mass is 127. The first-order valence-electron chi connectivity index (χ1n) is 9.96. The van der Waals surface area contributed by atoms with Gasteiger partial charge in [0.25, 0.3) is 5.91 Å². The van der Waals surface area contributed by atoms with Crippen molar-refractivity contribution in [2.24, 2.45) is 4.99 Å². The molecule has 0 saturated heterocycles. The lowest BCUT2D eigenvalue weighted by molar-refractivity contribution is -0.137. The lowest BCUT2D eigenvalue weighted by Gasteiger charge is -2.13. The number of carbonyl (C=O) groups excluding carboxylic acids is 1. The van der Waals surface area contributed by atoms with Crippen molar-refractivity contribution < 1.29 is 22.7 Å². The van der Waals surface area contributed by atoms with Crippen LogP contribution in [0.3, 0.4) is 0 Å². The molecule has 176 valence electrons. The maximum absolute atomic E-state index is 12.8. The zero-order chi connectivity index (χ0) is 22.7. The van der Waals surface area contributed by atoms with Crippen LogP contribution in [-0.2, 0) is 12.6 Å². The van der Waals surface area contributed by atoms with Crippen molar-refractivity contribution >= 4 is 35.8 Å². The minimum Gasteiger partial charge on any atom is -0.492 e. The summed E-state index contributed by atoms with van der Waals surface area (Å²) in [5, 5.41) is 8.79. The van der Waals surface area contributed by atoms with Crippen LogP contribution in [0.25, 0.3) is 0 Å². The van der Waals surface area contributed by atoms with Gasteiger partial charge in [0.1, 0.15) is 12.4 Å². The quantitative estimate of drug-likeness (QED) is 0.187. The van der Waals surface area contributed by atoms with Crippen LogP contribution in [0, 0.1) is 0 Å². The van der Waals surface area contributed by atoms with Gasteiger partial charge in [0.05, 0.1) is 12.1 Å². The molecule has 32 heavy (non-hydrogen) atoms. The first kappa shape index (κ1) is 27.5. The molecule has 0 aliphatic carbocycles. The van der Waals surface area contributed by atoms with Gasteiger partial charge in [0.2, 0.25) is 0 Å². The number of halogens is 4. The van der Waals surface area contributed by atoms with Gasteiger partial charge in [-0.3, -0.25) is 9.79 Å². The van der Waals surface area contributed by atoms with Gasteiger partial charge < -0.3 is 20.7 Å². The highest BCUT2D eigenvalue weighted by Crippen LogP contribution is 2.31. The van der Waals surface area contributed by atoms with E-state index in [2.05, 4.69) is 20.9 Å². The minimum absolute atomic E-state index is 0. The predicted molar refractivity (Wildman–Crippen MR) is 130 cm³/mol. The molecular formula is C22H28F3IN4O2. The summed E-state index contributed by atoms with van der Waals surface area (Å²) in [6, 6.07) is 12.1. The Hall–Kier alpha value is -2.50. The van der Waals surface area contributed by atoms with Gasteiger partial charge in [0, 0.05) is 25.7 Å². The minimum atomic E-state index is -4.40. The number of alkyl halides is 3. The number of hydrogen-bond acceptors (Lipinski definition) is 3. The Bertz CT molecular complexity index is 891. The number of carbonyl (C=O) groups is 1. The molecule has 2 rings (SSSR count). The molecule has 0 atom stereocenters. The summed E-state index contributed by atoms with van der Waals surface area (Å²) in [4.78, 5) is 16.2. The van der Waals surface area contributed by atoms with E-state index in [9.17, 15) is 18.0 Å². The standard InChI is InChI=1S/C22H27F3N4O2.HI/c1-3-27-21(28-11-10-16-6-4-7-17(14-16)20(30)26-2)29-12-13-31-19-9-5-8-18(15-19)22(23,24)25;/h4-9,14-15H,3,10-13H2,1-2H3,(H,26,30)(H2,27,28,29);1H. The molecule has 10 heteroatoms. The average molecular weight is 564 g/mol. The average Bonchev–Trinajstić information content (AvgIpc) is 2.76.